The van der Waals surface area contributed by atoms with Crippen LogP contribution in [0.3, 0.4) is 0 Å². The van der Waals surface area contributed by atoms with Crippen molar-refractivity contribution >= 4 is 23.4 Å². The predicted octanol–water partition coefficient (Wildman–Crippen LogP) is 4.81. The summed E-state index contributed by atoms with van der Waals surface area (Å²) in [6, 6.07) is 20.7. The average Bonchev–Trinajstić information content (AvgIpc) is 2.73. The molecule has 3 rings (SSSR count). The molecule has 0 radical (unpaired) electrons. The van der Waals surface area contributed by atoms with Gasteiger partial charge in [0.25, 0.3) is 5.91 Å². The molecule has 5 nitrogen and oxygen atoms in total. The molecule has 0 saturated carbocycles. The zero-order valence-corrected chi connectivity index (χ0v) is 16.4. The first-order chi connectivity index (χ1) is 13.6. The van der Waals surface area contributed by atoms with Crippen LogP contribution in [-0.2, 0) is 5.75 Å². The molecule has 0 saturated heterocycles. The van der Waals surface area contributed by atoms with E-state index in [4.69, 9.17) is 4.74 Å². The molecular formula is C22H19N3O2S. The number of ether oxygens (including phenoxy) is 1. The fraction of sp³-hybridized carbons (Fsp3) is 0.136. The molecule has 0 aliphatic rings. The summed E-state index contributed by atoms with van der Waals surface area (Å²) in [5.74, 6) is 1.12. The fourth-order valence-corrected chi connectivity index (χ4v) is 3.68. The van der Waals surface area contributed by atoms with Crippen LogP contribution in [0.4, 0.5) is 5.69 Å². The molecule has 0 atom stereocenters. The Balaban J connectivity index is 1.81. The highest BCUT2D eigenvalue weighted by Gasteiger charge is 2.16. The van der Waals surface area contributed by atoms with Gasteiger partial charge in [-0.25, -0.2) is 4.98 Å². The maximum Gasteiger partial charge on any atom is 0.257 e. The van der Waals surface area contributed by atoms with Gasteiger partial charge in [0.1, 0.15) is 16.8 Å². The summed E-state index contributed by atoms with van der Waals surface area (Å²) in [4.78, 5) is 17.1. The lowest BCUT2D eigenvalue weighted by atomic mass is 10.1. The van der Waals surface area contributed by atoms with Crippen molar-refractivity contribution in [1.29, 1.82) is 5.26 Å². The van der Waals surface area contributed by atoms with E-state index in [1.54, 1.807) is 20.1 Å². The summed E-state index contributed by atoms with van der Waals surface area (Å²) in [5.41, 5.74) is 3.06. The van der Waals surface area contributed by atoms with Crippen LogP contribution in [-0.4, -0.2) is 18.0 Å². The molecule has 0 fully saturated rings. The van der Waals surface area contributed by atoms with Crippen molar-refractivity contribution in [2.75, 3.05) is 12.4 Å². The van der Waals surface area contributed by atoms with Gasteiger partial charge in [-0.05, 0) is 31.2 Å². The minimum Gasteiger partial charge on any atom is -0.496 e. The maximum absolute atomic E-state index is 12.6. The minimum absolute atomic E-state index is 0.283. The second-order valence-corrected chi connectivity index (χ2v) is 6.97. The molecule has 1 amide bonds. The summed E-state index contributed by atoms with van der Waals surface area (Å²) in [7, 11) is 1.63. The van der Waals surface area contributed by atoms with Gasteiger partial charge in [-0.3, -0.25) is 4.79 Å². The van der Waals surface area contributed by atoms with Gasteiger partial charge in [-0.2, -0.15) is 5.26 Å². The van der Waals surface area contributed by atoms with E-state index < -0.39 is 0 Å². The first-order valence-electron chi connectivity index (χ1n) is 8.65. The quantitative estimate of drug-likeness (QED) is 0.612. The van der Waals surface area contributed by atoms with Gasteiger partial charge < -0.3 is 10.1 Å². The monoisotopic (exact) mass is 389 g/mol. The summed E-state index contributed by atoms with van der Waals surface area (Å²) in [6.45, 7) is 1.77. The largest absolute Gasteiger partial charge is 0.496 e. The van der Waals surface area contributed by atoms with Crippen LogP contribution in [0.15, 0.2) is 65.7 Å². The topological polar surface area (TPSA) is 75.0 Å². The maximum atomic E-state index is 12.6. The third-order valence-electron chi connectivity index (χ3n) is 4.13. The number of nitrogens with zero attached hydrogens (tertiary/aromatic N) is 2. The van der Waals surface area contributed by atoms with E-state index in [2.05, 4.69) is 16.4 Å². The third kappa shape index (κ3) is 4.51. The number of aromatic nitrogens is 1. The molecule has 140 valence electrons. The van der Waals surface area contributed by atoms with Crippen molar-refractivity contribution in [3.05, 3.63) is 83.0 Å². The van der Waals surface area contributed by atoms with Crippen molar-refractivity contribution in [2.45, 2.75) is 17.7 Å². The lowest BCUT2D eigenvalue weighted by Crippen LogP contribution is -2.15. The van der Waals surface area contributed by atoms with Crippen LogP contribution in [0.2, 0.25) is 0 Å². The molecule has 1 N–H and O–H groups in total. The number of hydrogen-bond donors (Lipinski definition) is 1. The Labute approximate surface area is 168 Å². The summed E-state index contributed by atoms with van der Waals surface area (Å²) in [6.07, 6.45) is 0. The SMILES string of the molecule is COc1ccccc1CSc1nc(C)c(C(=O)Nc2ccccc2)cc1C#N. The molecule has 1 aromatic heterocycles. The Morgan fingerprint density at radius 2 is 1.89 bits per heavy atom. The van der Waals surface area contributed by atoms with E-state index >= 15 is 0 Å². The standard InChI is InChI=1S/C22H19N3O2S/c1-15-19(21(26)25-18-9-4-3-5-10-18)12-17(13-23)22(24-15)28-14-16-8-6-7-11-20(16)27-2/h3-12H,14H2,1-2H3,(H,25,26). The van der Waals surface area contributed by atoms with Gasteiger partial charge in [0.05, 0.1) is 23.9 Å². The number of nitrogens with one attached hydrogen (secondary N) is 1. The van der Waals surface area contributed by atoms with E-state index in [0.29, 0.717) is 33.3 Å². The molecule has 3 aromatic rings. The molecule has 0 bridgehead atoms. The predicted molar refractivity (Wildman–Crippen MR) is 111 cm³/mol. The number of para-hydroxylation sites is 2. The molecule has 28 heavy (non-hydrogen) atoms. The van der Waals surface area contributed by atoms with Gasteiger partial charge in [0.2, 0.25) is 0 Å². The lowest BCUT2D eigenvalue weighted by molar-refractivity contribution is 0.102. The van der Waals surface area contributed by atoms with E-state index in [0.717, 1.165) is 11.3 Å². The average molecular weight is 389 g/mol. The van der Waals surface area contributed by atoms with Crippen LogP contribution in [0, 0.1) is 18.3 Å². The number of aryl methyl sites for hydroxylation is 1. The van der Waals surface area contributed by atoms with Crippen molar-refractivity contribution < 1.29 is 9.53 Å². The van der Waals surface area contributed by atoms with Crippen LogP contribution in [0.5, 0.6) is 5.75 Å². The Hall–Kier alpha value is -3.30. The first-order valence-corrected chi connectivity index (χ1v) is 9.63. The van der Waals surface area contributed by atoms with Crippen molar-refractivity contribution in [3.8, 4) is 11.8 Å². The molecule has 0 aliphatic heterocycles. The summed E-state index contributed by atoms with van der Waals surface area (Å²) < 4.78 is 5.37. The fourth-order valence-electron chi connectivity index (χ4n) is 2.69. The second kappa shape index (κ2) is 9.07. The van der Waals surface area contributed by atoms with Crippen LogP contribution in [0.25, 0.3) is 0 Å². The van der Waals surface area contributed by atoms with Crippen LogP contribution >= 0.6 is 11.8 Å². The molecule has 0 spiro atoms. The summed E-state index contributed by atoms with van der Waals surface area (Å²) >= 11 is 1.45. The number of anilines is 1. The lowest BCUT2D eigenvalue weighted by Gasteiger charge is -2.11. The molecule has 0 unspecified atom stereocenters. The van der Waals surface area contributed by atoms with Crippen LogP contribution in [0.1, 0.15) is 27.2 Å². The zero-order chi connectivity index (χ0) is 19.9. The molecule has 0 aliphatic carbocycles. The van der Waals surface area contributed by atoms with Gasteiger partial charge in [-0.15, -0.1) is 11.8 Å². The number of hydrogen-bond acceptors (Lipinski definition) is 5. The normalized spacial score (nSPS) is 10.2. The molecule has 2 aromatic carbocycles. The van der Waals surface area contributed by atoms with E-state index in [9.17, 15) is 10.1 Å². The Kier molecular flexibility index (Phi) is 6.30. The number of nitriles is 1. The minimum atomic E-state index is -0.283. The molecular weight excluding hydrogens is 370 g/mol. The smallest absolute Gasteiger partial charge is 0.257 e. The number of rotatable bonds is 6. The van der Waals surface area contributed by atoms with Crippen molar-refractivity contribution in [2.24, 2.45) is 0 Å². The second-order valence-electron chi connectivity index (χ2n) is 6.01. The van der Waals surface area contributed by atoms with Gasteiger partial charge in [-0.1, -0.05) is 36.4 Å². The highest BCUT2D eigenvalue weighted by molar-refractivity contribution is 7.98. The highest BCUT2D eigenvalue weighted by Crippen LogP contribution is 2.29. The van der Waals surface area contributed by atoms with Crippen LogP contribution < -0.4 is 10.1 Å². The van der Waals surface area contributed by atoms with Gasteiger partial charge in [0.15, 0.2) is 0 Å². The zero-order valence-electron chi connectivity index (χ0n) is 15.6. The van der Waals surface area contributed by atoms with Gasteiger partial charge >= 0.3 is 0 Å². The molecule has 1 heterocycles. The number of thioether (sulfide) groups is 1. The van der Waals surface area contributed by atoms with Crippen molar-refractivity contribution in [3.63, 3.8) is 0 Å². The first kappa shape index (κ1) is 19.5. The summed E-state index contributed by atoms with van der Waals surface area (Å²) in [5, 5.41) is 13.0. The number of carbonyl (C=O) groups excluding carboxylic acids is 1. The highest BCUT2D eigenvalue weighted by atomic mass is 32.2. The van der Waals surface area contributed by atoms with E-state index in [1.165, 1.54) is 11.8 Å². The number of benzene rings is 2. The van der Waals surface area contributed by atoms with Gasteiger partial charge in [0, 0.05) is 17.0 Å². The third-order valence-corrected chi connectivity index (χ3v) is 5.17. The number of methoxy groups -OCH3 is 1. The number of pyridine rings is 1. The van der Waals surface area contributed by atoms with E-state index in [-0.39, 0.29) is 5.91 Å². The van der Waals surface area contributed by atoms with E-state index in [1.807, 2.05) is 54.6 Å². The van der Waals surface area contributed by atoms with Crippen molar-refractivity contribution in [1.82, 2.24) is 4.98 Å². The number of amides is 1. The Morgan fingerprint density at radius 3 is 2.61 bits per heavy atom. The Morgan fingerprint density at radius 1 is 1.18 bits per heavy atom. The number of carbonyl (C=O) groups is 1. The Bertz CT molecular complexity index is 1030. The molecule has 6 heteroatoms.